The lowest BCUT2D eigenvalue weighted by molar-refractivity contribution is 0.158. The van der Waals surface area contributed by atoms with Gasteiger partial charge in [-0.05, 0) is 44.4 Å². The van der Waals surface area contributed by atoms with Crippen LogP contribution in [0.15, 0.2) is 35.4 Å². The van der Waals surface area contributed by atoms with Crippen molar-refractivity contribution in [1.82, 2.24) is 9.29 Å². The fourth-order valence-corrected chi connectivity index (χ4v) is 6.53. The normalized spacial score (nSPS) is 27.5. The van der Waals surface area contributed by atoms with E-state index >= 15 is 0 Å². The van der Waals surface area contributed by atoms with Crippen molar-refractivity contribution in [3.05, 3.63) is 36.2 Å². The van der Waals surface area contributed by atoms with Gasteiger partial charge in [0.25, 0.3) is 0 Å². The first-order valence-electron chi connectivity index (χ1n) is 9.02. The van der Waals surface area contributed by atoms with E-state index in [-0.39, 0.29) is 5.41 Å². The predicted molar refractivity (Wildman–Crippen MR) is 98.7 cm³/mol. The molecule has 2 aromatic rings. The zero-order valence-electron chi connectivity index (χ0n) is 14.6. The molecule has 1 aliphatic carbocycles. The zero-order chi connectivity index (χ0) is 17.7. The SMILES string of the molecule is Cc1nccc2c(S(=O)(=O)N3CC4CCCCC4(CN)C3)cccc12. The Morgan fingerprint density at radius 3 is 2.88 bits per heavy atom. The average molecular weight is 359 g/mol. The lowest BCUT2D eigenvalue weighted by Gasteiger charge is -2.37. The highest BCUT2D eigenvalue weighted by molar-refractivity contribution is 7.89. The van der Waals surface area contributed by atoms with Gasteiger partial charge in [-0.3, -0.25) is 4.98 Å². The lowest BCUT2D eigenvalue weighted by Crippen LogP contribution is -2.40. The van der Waals surface area contributed by atoms with Crippen LogP contribution in [0, 0.1) is 18.3 Å². The van der Waals surface area contributed by atoms with E-state index in [0.29, 0.717) is 30.4 Å². The van der Waals surface area contributed by atoms with E-state index in [1.165, 1.54) is 6.42 Å². The van der Waals surface area contributed by atoms with E-state index in [0.717, 1.165) is 35.7 Å². The summed E-state index contributed by atoms with van der Waals surface area (Å²) in [6.45, 7) is 3.63. The van der Waals surface area contributed by atoms with Crippen molar-refractivity contribution in [3.8, 4) is 0 Å². The van der Waals surface area contributed by atoms with E-state index in [2.05, 4.69) is 4.98 Å². The number of pyridine rings is 1. The van der Waals surface area contributed by atoms with Crippen molar-refractivity contribution >= 4 is 20.8 Å². The summed E-state index contributed by atoms with van der Waals surface area (Å²) < 4.78 is 28.5. The van der Waals surface area contributed by atoms with Gasteiger partial charge in [0, 0.05) is 41.2 Å². The van der Waals surface area contributed by atoms with Crippen LogP contribution in [0.2, 0.25) is 0 Å². The smallest absolute Gasteiger partial charge is 0.243 e. The van der Waals surface area contributed by atoms with Gasteiger partial charge in [0.2, 0.25) is 10.0 Å². The molecule has 1 aromatic heterocycles. The van der Waals surface area contributed by atoms with Crippen molar-refractivity contribution in [2.75, 3.05) is 19.6 Å². The number of fused-ring (bicyclic) bond motifs is 2. The first-order valence-corrected chi connectivity index (χ1v) is 10.5. The van der Waals surface area contributed by atoms with Crippen molar-refractivity contribution in [1.29, 1.82) is 0 Å². The highest BCUT2D eigenvalue weighted by Crippen LogP contribution is 2.47. The topological polar surface area (TPSA) is 76.3 Å². The van der Waals surface area contributed by atoms with E-state index in [1.54, 1.807) is 22.6 Å². The van der Waals surface area contributed by atoms with Gasteiger partial charge < -0.3 is 5.73 Å². The second kappa shape index (κ2) is 6.04. The molecule has 5 nitrogen and oxygen atoms in total. The number of rotatable bonds is 3. The largest absolute Gasteiger partial charge is 0.330 e. The molecule has 2 aliphatic rings. The van der Waals surface area contributed by atoms with Crippen LogP contribution in [0.5, 0.6) is 0 Å². The summed E-state index contributed by atoms with van der Waals surface area (Å²) in [5, 5.41) is 1.65. The molecule has 2 fully saturated rings. The second-order valence-electron chi connectivity index (χ2n) is 7.55. The molecule has 2 unspecified atom stereocenters. The van der Waals surface area contributed by atoms with E-state index < -0.39 is 10.0 Å². The summed E-state index contributed by atoms with van der Waals surface area (Å²) in [6.07, 6.45) is 6.14. The summed E-state index contributed by atoms with van der Waals surface area (Å²) in [5.41, 5.74) is 6.92. The number of nitrogens with zero attached hydrogens (tertiary/aromatic N) is 2. The summed E-state index contributed by atoms with van der Waals surface area (Å²) >= 11 is 0. The fraction of sp³-hybridized carbons (Fsp3) is 0.526. The number of aromatic nitrogens is 1. The molecule has 0 spiro atoms. The minimum atomic E-state index is -3.54. The van der Waals surface area contributed by atoms with Gasteiger partial charge in [-0.25, -0.2) is 8.42 Å². The van der Waals surface area contributed by atoms with Crippen LogP contribution in [0.3, 0.4) is 0 Å². The highest BCUT2D eigenvalue weighted by atomic mass is 32.2. The summed E-state index contributed by atoms with van der Waals surface area (Å²) in [7, 11) is -3.54. The van der Waals surface area contributed by atoms with Crippen molar-refractivity contribution < 1.29 is 8.42 Å². The quantitative estimate of drug-likeness (QED) is 0.914. The molecule has 0 amide bonds. The number of sulfonamides is 1. The Hall–Kier alpha value is -1.50. The van der Waals surface area contributed by atoms with Crippen LogP contribution >= 0.6 is 0 Å². The van der Waals surface area contributed by atoms with Crippen LogP contribution < -0.4 is 5.73 Å². The van der Waals surface area contributed by atoms with Gasteiger partial charge in [-0.1, -0.05) is 25.0 Å². The molecule has 25 heavy (non-hydrogen) atoms. The third kappa shape index (κ3) is 2.58. The molecular weight excluding hydrogens is 334 g/mol. The van der Waals surface area contributed by atoms with Crippen LogP contribution in [-0.4, -0.2) is 37.3 Å². The van der Waals surface area contributed by atoms with Crippen LogP contribution in [-0.2, 0) is 10.0 Å². The van der Waals surface area contributed by atoms with E-state index in [9.17, 15) is 8.42 Å². The molecule has 134 valence electrons. The Kier molecular flexibility index (Phi) is 4.09. The number of benzene rings is 1. The Morgan fingerprint density at radius 1 is 1.28 bits per heavy atom. The lowest BCUT2D eigenvalue weighted by atomic mass is 9.68. The van der Waals surface area contributed by atoms with Gasteiger partial charge in [-0.2, -0.15) is 4.31 Å². The molecule has 0 radical (unpaired) electrons. The number of hydrogen-bond acceptors (Lipinski definition) is 4. The Balaban J connectivity index is 1.78. The maximum atomic E-state index is 13.4. The molecule has 1 aliphatic heterocycles. The summed E-state index contributed by atoms with van der Waals surface area (Å²) in [5.74, 6) is 0.388. The minimum absolute atomic E-state index is 0.0343. The third-order valence-electron chi connectivity index (χ3n) is 6.25. The summed E-state index contributed by atoms with van der Waals surface area (Å²) in [4.78, 5) is 4.68. The fourth-order valence-electron chi connectivity index (χ4n) is 4.74. The van der Waals surface area contributed by atoms with Crippen LogP contribution in [0.25, 0.3) is 10.8 Å². The van der Waals surface area contributed by atoms with Gasteiger partial charge in [0.05, 0.1) is 4.90 Å². The zero-order valence-corrected chi connectivity index (χ0v) is 15.4. The highest BCUT2D eigenvalue weighted by Gasteiger charge is 2.50. The molecule has 1 saturated carbocycles. The van der Waals surface area contributed by atoms with Crippen LogP contribution in [0.4, 0.5) is 0 Å². The van der Waals surface area contributed by atoms with Gasteiger partial charge in [0.1, 0.15) is 0 Å². The maximum Gasteiger partial charge on any atom is 0.243 e. The summed E-state index contributed by atoms with van der Waals surface area (Å²) in [6, 6.07) is 7.26. The van der Waals surface area contributed by atoms with Gasteiger partial charge in [0.15, 0.2) is 0 Å². The first kappa shape index (κ1) is 16.9. The third-order valence-corrected chi connectivity index (χ3v) is 8.12. The Labute approximate surface area is 149 Å². The second-order valence-corrected chi connectivity index (χ2v) is 9.46. The average Bonchev–Trinajstić information content (AvgIpc) is 3.03. The number of hydrogen-bond donors (Lipinski definition) is 1. The molecule has 2 atom stereocenters. The Bertz CT molecular complexity index is 912. The van der Waals surface area contributed by atoms with E-state index in [4.69, 9.17) is 5.73 Å². The molecule has 6 heteroatoms. The van der Waals surface area contributed by atoms with Crippen molar-refractivity contribution in [2.24, 2.45) is 17.1 Å². The molecular formula is C19H25N3O2S. The molecule has 1 aromatic carbocycles. The van der Waals surface area contributed by atoms with Crippen LogP contribution in [0.1, 0.15) is 31.4 Å². The van der Waals surface area contributed by atoms with Crippen molar-refractivity contribution in [3.63, 3.8) is 0 Å². The standard InChI is InChI=1S/C19H25N3O2S/c1-14-16-6-4-7-18(17(16)8-10-21-14)25(23,24)22-11-15-5-2-3-9-19(15,12-20)13-22/h4,6-8,10,15H,2-3,5,9,11-13,20H2,1H3. The van der Waals surface area contributed by atoms with Gasteiger partial charge >= 0.3 is 0 Å². The van der Waals surface area contributed by atoms with E-state index in [1.807, 2.05) is 19.1 Å². The molecule has 0 bridgehead atoms. The van der Waals surface area contributed by atoms with Gasteiger partial charge in [-0.15, -0.1) is 0 Å². The number of aryl methyl sites for hydroxylation is 1. The maximum absolute atomic E-state index is 13.4. The molecule has 1 saturated heterocycles. The number of nitrogens with two attached hydrogens (primary N) is 1. The Morgan fingerprint density at radius 2 is 2.12 bits per heavy atom. The molecule has 2 N–H and O–H groups in total. The monoisotopic (exact) mass is 359 g/mol. The minimum Gasteiger partial charge on any atom is -0.330 e. The van der Waals surface area contributed by atoms with Crippen molar-refractivity contribution in [2.45, 2.75) is 37.5 Å². The molecule has 2 heterocycles. The molecule has 4 rings (SSSR count). The first-order chi connectivity index (χ1) is 12.0. The predicted octanol–water partition coefficient (Wildman–Crippen LogP) is 2.68.